The van der Waals surface area contributed by atoms with Gasteiger partial charge in [0.05, 0.1) is 24.0 Å². The summed E-state index contributed by atoms with van der Waals surface area (Å²) in [4.78, 5) is 13.2. The normalized spacial score (nSPS) is 18.4. The van der Waals surface area contributed by atoms with Crippen molar-refractivity contribution in [3.63, 3.8) is 0 Å². The molecule has 2 aliphatic rings. The van der Waals surface area contributed by atoms with Crippen LogP contribution in [0.4, 0.5) is 0 Å². The van der Waals surface area contributed by atoms with Crippen molar-refractivity contribution in [3.8, 4) is 11.5 Å². The molecule has 166 valence electrons. The van der Waals surface area contributed by atoms with E-state index in [1.807, 2.05) is 43.3 Å². The first-order valence-electron chi connectivity index (χ1n) is 10.7. The first kappa shape index (κ1) is 21.0. The van der Waals surface area contributed by atoms with Crippen molar-refractivity contribution in [2.75, 3.05) is 20.2 Å². The van der Waals surface area contributed by atoms with Crippen LogP contribution in [0.5, 0.6) is 11.5 Å². The maximum atomic E-state index is 13.2. The van der Waals surface area contributed by atoms with E-state index in [4.69, 9.17) is 9.47 Å². The summed E-state index contributed by atoms with van der Waals surface area (Å²) in [6, 6.07) is 16.5. The lowest BCUT2D eigenvalue weighted by Gasteiger charge is -2.43. The average molecular weight is 452 g/mol. The van der Waals surface area contributed by atoms with Gasteiger partial charge in [-0.3, -0.25) is 4.79 Å². The number of hydrogen-bond acceptors (Lipinski definition) is 5. The molecule has 0 aromatic heterocycles. The first-order chi connectivity index (χ1) is 15.3. The number of ether oxygens (including phenoxy) is 2. The predicted molar refractivity (Wildman–Crippen MR) is 122 cm³/mol. The molecule has 2 heterocycles. The highest BCUT2D eigenvalue weighted by molar-refractivity contribution is 7.89. The van der Waals surface area contributed by atoms with E-state index in [1.54, 1.807) is 25.3 Å². The van der Waals surface area contributed by atoms with E-state index in [2.05, 4.69) is 0 Å². The van der Waals surface area contributed by atoms with Gasteiger partial charge in [0, 0.05) is 31.3 Å². The smallest absolute Gasteiger partial charge is 0.243 e. The van der Waals surface area contributed by atoms with Crippen LogP contribution in [0.1, 0.15) is 35.2 Å². The largest absolute Gasteiger partial charge is 0.496 e. The fourth-order valence-electron chi connectivity index (χ4n) is 4.79. The van der Waals surface area contributed by atoms with Gasteiger partial charge in [0.2, 0.25) is 10.0 Å². The Bertz CT molecular complexity index is 1320. The molecule has 2 aliphatic heterocycles. The molecule has 3 aromatic carbocycles. The van der Waals surface area contributed by atoms with Crippen LogP contribution < -0.4 is 9.47 Å². The standard InChI is InChI=1S/C25H25NO5S/c1-17-15-19(8-10-23(17)30-2)32(28,29)26-13-11-25(12-14-26)16-22(27)21-9-7-18-5-3-4-6-20(18)24(21)31-25/h3-10,15H,11-14,16H2,1-2H3. The van der Waals surface area contributed by atoms with Gasteiger partial charge < -0.3 is 9.47 Å². The second kappa shape index (κ2) is 7.60. The van der Waals surface area contributed by atoms with Crippen molar-refractivity contribution in [3.05, 3.63) is 65.7 Å². The number of ketones is 1. The van der Waals surface area contributed by atoms with E-state index in [0.717, 1.165) is 16.3 Å². The third kappa shape index (κ3) is 3.36. The maximum Gasteiger partial charge on any atom is 0.243 e. The summed E-state index contributed by atoms with van der Waals surface area (Å²) < 4.78 is 39.7. The Labute approximate surface area is 187 Å². The SMILES string of the molecule is COc1ccc(S(=O)(=O)N2CCC3(CC2)CC(=O)c2ccc4ccccc4c2O3)cc1C. The van der Waals surface area contributed by atoms with Gasteiger partial charge in [-0.25, -0.2) is 8.42 Å². The number of fused-ring (bicyclic) bond motifs is 3. The number of nitrogens with zero attached hydrogens (tertiary/aromatic N) is 1. The highest BCUT2D eigenvalue weighted by atomic mass is 32.2. The van der Waals surface area contributed by atoms with Gasteiger partial charge in [0.15, 0.2) is 5.78 Å². The minimum Gasteiger partial charge on any atom is -0.496 e. The number of aryl methyl sites for hydroxylation is 1. The van der Waals surface area contributed by atoms with Crippen molar-refractivity contribution in [1.82, 2.24) is 4.31 Å². The molecule has 0 atom stereocenters. The van der Waals surface area contributed by atoms with Crippen LogP contribution in [0.15, 0.2) is 59.5 Å². The lowest BCUT2D eigenvalue weighted by atomic mass is 9.82. The topological polar surface area (TPSA) is 72.9 Å². The second-order valence-electron chi connectivity index (χ2n) is 8.58. The van der Waals surface area contributed by atoms with Crippen LogP contribution in [0.3, 0.4) is 0 Å². The summed E-state index contributed by atoms with van der Waals surface area (Å²) in [7, 11) is -2.07. The number of Topliss-reactive ketones (excluding diaryl/α,β-unsaturated/α-hetero) is 1. The van der Waals surface area contributed by atoms with Crippen molar-refractivity contribution in [2.45, 2.75) is 36.7 Å². The lowest BCUT2D eigenvalue weighted by Crippen LogP contribution is -2.52. The monoisotopic (exact) mass is 451 g/mol. The molecule has 5 rings (SSSR count). The molecular weight excluding hydrogens is 426 g/mol. The fraction of sp³-hybridized carbons (Fsp3) is 0.320. The summed E-state index contributed by atoms with van der Waals surface area (Å²) in [5, 5.41) is 1.94. The molecule has 0 saturated carbocycles. The van der Waals surface area contributed by atoms with E-state index < -0.39 is 15.6 Å². The van der Waals surface area contributed by atoms with Gasteiger partial charge in [-0.1, -0.05) is 30.3 Å². The van der Waals surface area contributed by atoms with Crippen LogP contribution in [0.25, 0.3) is 10.8 Å². The van der Waals surface area contributed by atoms with Crippen LogP contribution in [-0.2, 0) is 10.0 Å². The molecule has 0 aliphatic carbocycles. The van der Waals surface area contributed by atoms with E-state index in [-0.39, 0.29) is 17.1 Å². The van der Waals surface area contributed by atoms with E-state index >= 15 is 0 Å². The highest BCUT2D eigenvalue weighted by Crippen LogP contribution is 2.43. The Balaban J connectivity index is 1.40. The predicted octanol–water partition coefficient (Wildman–Crippen LogP) is 4.35. The van der Waals surface area contributed by atoms with E-state index in [0.29, 0.717) is 43.0 Å². The van der Waals surface area contributed by atoms with Crippen molar-refractivity contribution >= 4 is 26.6 Å². The average Bonchev–Trinajstić information content (AvgIpc) is 2.79. The fourth-order valence-corrected chi connectivity index (χ4v) is 6.31. The van der Waals surface area contributed by atoms with Crippen LogP contribution >= 0.6 is 0 Å². The molecule has 1 saturated heterocycles. The number of methoxy groups -OCH3 is 1. The number of benzene rings is 3. The Hall–Kier alpha value is -2.90. The molecule has 0 N–H and O–H groups in total. The van der Waals surface area contributed by atoms with Crippen molar-refractivity contribution in [2.24, 2.45) is 0 Å². The van der Waals surface area contributed by atoms with Gasteiger partial charge in [-0.05, 0) is 42.1 Å². The Morgan fingerprint density at radius 1 is 1.03 bits per heavy atom. The number of sulfonamides is 1. The molecule has 0 unspecified atom stereocenters. The molecule has 3 aromatic rings. The second-order valence-corrected chi connectivity index (χ2v) is 10.5. The molecule has 0 amide bonds. The Kier molecular flexibility index (Phi) is 4.98. The van der Waals surface area contributed by atoms with Crippen molar-refractivity contribution in [1.29, 1.82) is 0 Å². The minimum atomic E-state index is -3.64. The van der Waals surface area contributed by atoms with E-state index in [1.165, 1.54) is 4.31 Å². The quantitative estimate of drug-likeness (QED) is 0.592. The van der Waals surface area contributed by atoms with Crippen LogP contribution in [-0.4, -0.2) is 44.3 Å². The number of rotatable bonds is 3. The molecule has 0 radical (unpaired) electrons. The lowest BCUT2D eigenvalue weighted by molar-refractivity contribution is 0.00714. The Morgan fingerprint density at radius 2 is 1.78 bits per heavy atom. The van der Waals surface area contributed by atoms with Gasteiger partial charge in [-0.15, -0.1) is 0 Å². The molecule has 6 nitrogen and oxygen atoms in total. The van der Waals surface area contributed by atoms with Gasteiger partial charge in [0.1, 0.15) is 17.1 Å². The molecule has 0 bridgehead atoms. The molecule has 1 spiro atoms. The zero-order chi connectivity index (χ0) is 22.5. The third-order valence-corrected chi connectivity index (χ3v) is 8.51. The van der Waals surface area contributed by atoms with E-state index in [9.17, 15) is 13.2 Å². The van der Waals surface area contributed by atoms with Crippen LogP contribution in [0, 0.1) is 6.92 Å². The number of carbonyl (C=O) groups is 1. The molecular formula is C25H25NO5S. The summed E-state index contributed by atoms with van der Waals surface area (Å²) >= 11 is 0. The zero-order valence-electron chi connectivity index (χ0n) is 18.1. The summed E-state index contributed by atoms with van der Waals surface area (Å²) in [6.45, 7) is 2.44. The molecule has 32 heavy (non-hydrogen) atoms. The highest BCUT2D eigenvalue weighted by Gasteiger charge is 2.45. The minimum absolute atomic E-state index is 0.0547. The third-order valence-electron chi connectivity index (χ3n) is 6.62. The maximum absolute atomic E-state index is 13.2. The van der Waals surface area contributed by atoms with Gasteiger partial charge >= 0.3 is 0 Å². The van der Waals surface area contributed by atoms with Crippen molar-refractivity contribution < 1.29 is 22.7 Å². The first-order valence-corrected chi connectivity index (χ1v) is 12.2. The molecule has 7 heteroatoms. The molecule has 1 fully saturated rings. The summed E-state index contributed by atoms with van der Waals surface area (Å²) in [5.41, 5.74) is 0.709. The number of hydrogen-bond donors (Lipinski definition) is 0. The number of carbonyl (C=O) groups excluding carboxylic acids is 1. The van der Waals surface area contributed by atoms with Gasteiger partial charge in [-0.2, -0.15) is 4.31 Å². The Morgan fingerprint density at radius 3 is 2.50 bits per heavy atom. The number of piperidine rings is 1. The van der Waals surface area contributed by atoms with Crippen LogP contribution in [0.2, 0.25) is 0 Å². The summed E-state index contributed by atoms with van der Waals surface area (Å²) in [5.74, 6) is 1.34. The summed E-state index contributed by atoms with van der Waals surface area (Å²) in [6.07, 6.45) is 1.21. The zero-order valence-corrected chi connectivity index (χ0v) is 18.9. The van der Waals surface area contributed by atoms with Gasteiger partial charge in [0.25, 0.3) is 0 Å².